The topological polar surface area (TPSA) is 56.0 Å². The summed E-state index contributed by atoms with van der Waals surface area (Å²) >= 11 is 1.49. The minimum absolute atomic E-state index is 0.0228. The molecule has 0 saturated heterocycles. The first-order chi connectivity index (χ1) is 6.09. The fraction of sp³-hybridized carbons (Fsp3) is 0.333. The molecule has 70 valence electrons. The zero-order valence-corrected chi connectivity index (χ0v) is 8.47. The van der Waals surface area contributed by atoms with Gasteiger partial charge in [-0.15, -0.1) is 11.8 Å². The van der Waals surface area contributed by atoms with Gasteiger partial charge >= 0.3 is 0 Å². The van der Waals surface area contributed by atoms with E-state index < -0.39 is 0 Å². The number of nitrogens with zero attached hydrogens (tertiary/aromatic N) is 1. The van der Waals surface area contributed by atoms with Crippen molar-refractivity contribution in [2.24, 2.45) is 0 Å². The van der Waals surface area contributed by atoms with Gasteiger partial charge < -0.3 is 5.73 Å². The fourth-order valence-corrected chi connectivity index (χ4v) is 1.58. The van der Waals surface area contributed by atoms with E-state index in [1.165, 1.54) is 11.8 Å². The smallest absolute Gasteiger partial charge is 0.142 e. The second-order valence-corrected chi connectivity index (χ2v) is 4.20. The molecule has 0 aliphatic heterocycles. The zero-order valence-electron chi connectivity index (χ0n) is 7.65. The Kier molecular flexibility index (Phi) is 3.31. The first kappa shape index (κ1) is 10.1. The van der Waals surface area contributed by atoms with Crippen molar-refractivity contribution < 1.29 is 4.79 Å². The average Bonchev–Trinajstić information content (AvgIpc) is 2.08. The monoisotopic (exact) mass is 196 g/mol. The van der Waals surface area contributed by atoms with Gasteiger partial charge in [0.15, 0.2) is 0 Å². The van der Waals surface area contributed by atoms with Crippen LogP contribution in [0.2, 0.25) is 0 Å². The van der Waals surface area contributed by atoms with Gasteiger partial charge in [-0.1, -0.05) is 0 Å². The number of Topliss-reactive ketones (excluding diaryl/α,β-unsaturated/α-hetero) is 1. The van der Waals surface area contributed by atoms with Crippen LogP contribution in [0.1, 0.15) is 13.8 Å². The van der Waals surface area contributed by atoms with Gasteiger partial charge in [-0.05, 0) is 26.0 Å². The van der Waals surface area contributed by atoms with Crippen LogP contribution in [0.3, 0.4) is 0 Å². The molecule has 0 fully saturated rings. The van der Waals surface area contributed by atoms with Gasteiger partial charge in [0, 0.05) is 11.1 Å². The van der Waals surface area contributed by atoms with Crippen LogP contribution in [0.5, 0.6) is 0 Å². The molecule has 1 rings (SSSR count). The summed E-state index contributed by atoms with van der Waals surface area (Å²) in [5, 5.41) is -0.0228. The molecule has 1 unspecified atom stereocenters. The lowest BCUT2D eigenvalue weighted by Crippen LogP contribution is -2.07. The van der Waals surface area contributed by atoms with Gasteiger partial charge in [0.05, 0.1) is 5.25 Å². The number of hydrogen-bond donors (Lipinski definition) is 1. The largest absolute Gasteiger partial charge is 0.384 e. The van der Waals surface area contributed by atoms with Gasteiger partial charge in [0.25, 0.3) is 0 Å². The molecule has 0 aliphatic carbocycles. The van der Waals surface area contributed by atoms with Crippen molar-refractivity contribution >= 4 is 23.4 Å². The van der Waals surface area contributed by atoms with Crippen LogP contribution in [-0.2, 0) is 4.79 Å². The second kappa shape index (κ2) is 4.28. The molecule has 3 nitrogen and oxygen atoms in total. The lowest BCUT2D eigenvalue weighted by Gasteiger charge is -2.06. The maximum atomic E-state index is 10.9. The number of pyridine rings is 1. The third-order valence-corrected chi connectivity index (χ3v) is 2.84. The summed E-state index contributed by atoms with van der Waals surface area (Å²) in [5.41, 5.74) is 5.43. The Bertz CT molecular complexity index is 297. The van der Waals surface area contributed by atoms with Crippen LogP contribution in [0.15, 0.2) is 23.2 Å². The van der Waals surface area contributed by atoms with E-state index in [4.69, 9.17) is 5.73 Å². The van der Waals surface area contributed by atoms with Crippen molar-refractivity contribution in [3.63, 3.8) is 0 Å². The maximum absolute atomic E-state index is 10.9. The van der Waals surface area contributed by atoms with E-state index in [-0.39, 0.29) is 11.0 Å². The molecule has 1 heterocycles. The molecule has 0 aliphatic rings. The Morgan fingerprint density at radius 2 is 2.31 bits per heavy atom. The van der Waals surface area contributed by atoms with Gasteiger partial charge in [0.1, 0.15) is 11.6 Å². The van der Waals surface area contributed by atoms with Gasteiger partial charge in [-0.2, -0.15) is 0 Å². The highest BCUT2D eigenvalue weighted by atomic mass is 32.2. The molecule has 1 aromatic heterocycles. The Morgan fingerprint density at radius 1 is 1.62 bits per heavy atom. The quantitative estimate of drug-likeness (QED) is 0.748. The van der Waals surface area contributed by atoms with Crippen molar-refractivity contribution in [2.75, 3.05) is 5.73 Å². The van der Waals surface area contributed by atoms with E-state index in [9.17, 15) is 4.79 Å². The Labute approximate surface area is 81.7 Å². The number of anilines is 1. The van der Waals surface area contributed by atoms with Crippen LogP contribution in [0.25, 0.3) is 0 Å². The number of carbonyl (C=O) groups excluding carboxylic acids is 1. The van der Waals surface area contributed by atoms with E-state index in [1.54, 1.807) is 19.2 Å². The Morgan fingerprint density at radius 3 is 2.77 bits per heavy atom. The van der Waals surface area contributed by atoms with Crippen LogP contribution in [0, 0.1) is 0 Å². The highest BCUT2D eigenvalue weighted by Gasteiger charge is 2.08. The van der Waals surface area contributed by atoms with Crippen LogP contribution >= 0.6 is 11.8 Å². The highest BCUT2D eigenvalue weighted by molar-refractivity contribution is 8.00. The number of carbonyl (C=O) groups is 1. The van der Waals surface area contributed by atoms with E-state index in [1.807, 2.05) is 13.0 Å². The summed E-state index contributed by atoms with van der Waals surface area (Å²) in [5.74, 6) is 0.668. The number of hydrogen-bond acceptors (Lipinski definition) is 4. The van der Waals surface area contributed by atoms with Crippen molar-refractivity contribution in [3.8, 4) is 0 Å². The SMILES string of the molecule is CC(=O)C(C)Sc1ccc(N)nc1. The summed E-state index contributed by atoms with van der Waals surface area (Å²) in [6.07, 6.45) is 1.68. The number of aromatic nitrogens is 1. The van der Waals surface area contributed by atoms with Gasteiger partial charge in [-0.25, -0.2) is 4.98 Å². The number of thioether (sulfide) groups is 1. The van der Waals surface area contributed by atoms with E-state index in [0.29, 0.717) is 5.82 Å². The molecular formula is C9H12N2OS. The maximum Gasteiger partial charge on any atom is 0.142 e. The first-order valence-electron chi connectivity index (χ1n) is 3.98. The predicted molar refractivity (Wildman–Crippen MR) is 54.6 cm³/mol. The molecule has 2 N–H and O–H groups in total. The van der Waals surface area contributed by atoms with Gasteiger partial charge in [-0.3, -0.25) is 4.79 Å². The van der Waals surface area contributed by atoms with Crippen molar-refractivity contribution in [1.29, 1.82) is 0 Å². The van der Waals surface area contributed by atoms with Gasteiger partial charge in [0.2, 0.25) is 0 Å². The molecule has 0 spiro atoms. The Hall–Kier alpha value is -1.03. The standard InChI is InChI=1S/C9H12N2OS/c1-6(12)7(2)13-8-3-4-9(10)11-5-8/h3-5,7H,1-2H3,(H2,10,11). The molecule has 0 aromatic carbocycles. The first-order valence-corrected chi connectivity index (χ1v) is 4.86. The summed E-state index contributed by atoms with van der Waals surface area (Å²) < 4.78 is 0. The third kappa shape index (κ3) is 3.06. The molecule has 0 radical (unpaired) electrons. The molecule has 0 amide bonds. The van der Waals surface area contributed by atoms with Crippen molar-refractivity contribution in [2.45, 2.75) is 24.0 Å². The summed E-state index contributed by atoms with van der Waals surface area (Å²) in [4.78, 5) is 15.9. The normalized spacial score (nSPS) is 12.5. The van der Waals surface area contributed by atoms with Crippen molar-refractivity contribution in [3.05, 3.63) is 18.3 Å². The lowest BCUT2D eigenvalue weighted by molar-refractivity contribution is -0.116. The molecule has 0 saturated carbocycles. The second-order valence-electron chi connectivity index (χ2n) is 2.79. The number of ketones is 1. The molecule has 4 heteroatoms. The van der Waals surface area contributed by atoms with E-state index >= 15 is 0 Å². The Balaban J connectivity index is 2.64. The summed E-state index contributed by atoms with van der Waals surface area (Å²) in [6, 6.07) is 3.60. The summed E-state index contributed by atoms with van der Waals surface area (Å²) in [7, 11) is 0. The zero-order chi connectivity index (χ0) is 9.84. The fourth-order valence-electron chi connectivity index (χ4n) is 0.749. The number of rotatable bonds is 3. The number of nitrogens with two attached hydrogens (primary N) is 1. The number of nitrogen functional groups attached to an aromatic ring is 1. The van der Waals surface area contributed by atoms with E-state index in [0.717, 1.165) is 4.90 Å². The molecule has 1 aromatic rings. The predicted octanol–water partition coefficient (Wildman–Crippen LogP) is 1.73. The molecule has 1 atom stereocenters. The minimum Gasteiger partial charge on any atom is -0.384 e. The summed E-state index contributed by atoms with van der Waals surface area (Å²) in [6.45, 7) is 3.46. The lowest BCUT2D eigenvalue weighted by atomic mass is 10.3. The van der Waals surface area contributed by atoms with Crippen LogP contribution < -0.4 is 5.73 Å². The minimum atomic E-state index is -0.0228. The third-order valence-electron chi connectivity index (χ3n) is 1.64. The van der Waals surface area contributed by atoms with Crippen LogP contribution in [0.4, 0.5) is 5.82 Å². The van der Waals surface area contributed by atoms with Crippen LogP contribution in [-0.4, -0.2) is 16.0 Å². The molecule has 0 bridgehead atoms. The molecular weight excluding hydrogens is 184 g/mol. The molecule has 13 heavy (non-hydrogen) atoms. The van der Waals surface area contributed by atoms with E-state index in [2.05, 4.69) is 4.98 Å². The average molecular weight is 196 g/mol. The highest BCUT2D eigenvalue weighted by Crippen LogP contribution is 2.22. The van der Waals surface area contributed by atoms with Crippen molar-refractivity contribution in [1.82, 2.24) is 4.98 Å².